The van der Waals surface area contributed by atoms with Crippen molar-refractivity contribution in [2.45, 2.75) is 6.92 Å². The van der Waals surface area contributed by atoms with E-state index in [4.69, 9.17) is 4.55 Å². The van der Waals surface area contributed by atoms with Crippen LogP contribution in [0, 0.1) is 6.92 Å². The van der Waals surface area contributed by atoms with Gasteiger partial charge in [0.15, 0.2) is 5.13 Å². The smallest absolute Gasteiger partial charge is 0.269 e. The third-order valence-corrected chi connectivity index (χ3v) is 3.35. The summed E-state index contributed by atoms with van der Waals surface area (Å²) in [6.45, 7) is 1.89. The van der Waals surface area contributed by atoms with Gasteiger partial charge >= 0.3 is 10.3 Å². The van der Waals surface area contributed by atoms with Gasteiger partial charge in [-0.25, -0.2) is 9.71 Å². The van der Waals surface area contributed by atoms with E-state index in [9.17, 15) is 8.42 Å². The average molecular weight is 244 g/mol. The summed E-state index contributed by atoms with van der Waals surface area (Å²) < 4.78 is 32.5. The molecule has 1 heterocycles. The molecule has 2 N–H and O–H groups in total. The molecule has 0 aliphatic heterocycles. The lowest BCUT2D eigenvalue weighted by Gasteiger charge is -1.94. The maximum Gasteiger partial charge on any atom is 0.359 e. The molecule has 5 nitrogen and oxygen atoms in total. The molecular formula is C8H8N2O3S2. The van der Waals surface area contributed by atoms with Gasteiger partial charge in [-0.2, -0.15) is 8.42 Å². The van der Waals surface area contributed by atoms with E-state index in [1.54, 1.807) is 0 Å². The average Bonchev–Trinajstić information content (AvgIpc) is 2.45. The lowest BCUT2D eigenvalue weighted by atomic mass is 10.2. The highest BCUT2D eigenvalue weighted by Gasteiger charge is 2.10. The van der Waals surface area contributed by atoms with Gasteiger partial charge in [0.05, 0.1) is 10.2 Å². The monoisotopic (exact) mass is 244 g/mol. The Morgan fingerprint density at radius 3 is 2.80 bits per heavy atom. The molecule has 7 heteroatoms. The number of anilines is 1. The minimum absolute atomic E-state index is 0.168. The number of aromatic nitrogens is 1. The molecule has 0 spiro atoms. The normalized spacial score (nSPS) is 11.9. The zero-order chi connectivity index (χ0) is 11.1. The third kappa shape index (κ3) is 2.25. The topological polar surface area (TPSA) is 79.3 Å². The number of nitrogens with one attached hydrogen (secondary N) is 1. The summed E-state index contributed by atoms with van der Waals surface area (Å²) in [5.74, 6) is 0. The van der Waals surface area contributed by atoms with E-state index in [1.807, 2.05) is 29.8 Å². The molecule has 0 bridgehead atoms. The SMILES string of the molecule is Cc1cccc2sc(NS(=O)(=O)O)nc12. The van der Waals surface area contributed by atoms with Gasteiger partial charge in [0.2, 0.25) is 0 Å². The number of benzene rings is 1. The molecule has 2 rings (SSSR count). The summed E-state index contributed by atoms with van der Waals surface area (Å²) in [5, 5.41) is 0.168. The van der Waals surface area contributed by atoms with Crippen LogP contribution in [0.5, 0.6) is 0 Å². The molecule has 0 amide bonds. The van der Waals surface area contributed by atoms with Crippen molar-refractivity contribution in [2.24, 2.45) is 0 Å². The summed E-state index contributed by atoms with van der Waals surface area (Å²) >= 11 is 1.18. The van der Waals surface area contributed by atoms with E-state index in [2.05, 4.69) is 4.98 Å². The van der Waals surface area contributed by atoms with Gasteiger partial charge < -0.3 is 0 Å². The Morgan fingerprint density at radius 2 is 2.20 bits per heavy atom. The Kier molecular flexibility index (Phi) is 2.37. The molecule has 0 aliphatic rings. The van der Waals surface area contributed by atoms with Crippen LogP contribution in [0.2, 0.25) is 0 Å². The second-order valence-electron chi connectivity index (χ2n) is 3.02. The van der Waals surface area contributed by atoms with E-state index in [0.29, 0.717) is 0 Å². The number of rotatable bonds is 2. The fraction of sp³-hybridized carbons (Fsp3) is 0.125. The molecule has 1 aromatic carbocycles. The summed E-state index contributed by atoms with van der Waals surface area (Å²) in [4.78, 5) is 4.07. The lowest BCUT2D eigenvalue weighted by molar-refractivity contribution is 0.489. The number of hydrogen-bond donors (Lipinski definition) is 2. The number of thiazole rings is 1. The van der Waals surface area contributed by atoms with E-state index >= 15 is 0 Å². The van der Waals surface area contributed by atoms with Gasteiger partial charge in [0.25, 0.3) is 0 Å². The zero-order valence-corrected chi connectivity index (χ0v) is 9.39. The minimum Gasteiger partial charge on any atom is -0.269 e. The van der Waals surface area contributed by atoms with Crippen LogP contribution in [0.15, 0.2) is 18.2 Å². The van der Waals surface area contributed by atoms with Crippen LogP contribution >= 0.6 is 11.3 Å². The molecule has 0 saturated heterocycles. The van der Waals surface area contributed by atoms with Crippen molar-refractivity contribution < 1.29 is 13.0 Å². The number of nitrogens with zero attached hydrogens (tertiary/aromatic N) is 1. The third-order valence-electron chi connectivity index (χ3n) is 1.84. The molecule has 1 aromatic heterocycles. The predicted octanol–water partition coefficient (Wildman–Crippen LogP) is 1.82. The summed E-state index contributed by atoms with van der Waals surface area (Å²) in [6, 6.07) is 5.60. The highest BCUT2D eigenvalue weighted by Crippen LogP contribution is 2.28. The van der Waals surface area contributed by atoms with Crippen LogP contribution in [-0.4, -0.2) is 18.0 Å². The standard InChI is InChI=1S/C8H8N2O3S2/c1-5-3-2-4-6-7(5)9-8(14-6)10-15(11,12)13/h2-4H,1H3,(H,9,10)(H,11,12,13). The molecule has 0 unspecified atom stereocenters. The highest BCUT2D eigenvalue weighted by atomic mass is 32.2. The van der Waals surface area contributed by atoms with Crippen LogP contribution < -0.4 is 4.72 Å². The van der Waals surface area contributed by atoms with E-state index in [1.165, 1.54) is 11.3 Å². The van der Waals surface area contributed by atoms with Crippen molar-refractivity contribution in [3.05, 3.63) is 23.8 Å². The van der Waals surface area contributed by atoms with E-state index in [-0.39, 0.29) is 5.13 Å². The van der Waals surface area contributed by atoms with E-state index < -0.39 is 10.3 Å². The lowest BCUT2D eigenvalue weighted by Crippen LogP contribution is -2.09. The Balaban J connectivity index is 2.53. The Bertz CT molecular complexity index is 603. The predicted molar refractivity (Wildman–Crippen MR) is 59.5 cm³/mol. The summed E-state index contributed by atoms with van der Waals surface area (Å²) in [7, 11) is -4.24. The van der Waals surface area contributed by atoms with Crippen molar-refractivity contribution in [1.82, 2.24) is 4.98 Å². The molecule has 2 aromatic rings. The van der Waals surface area contributed by atoms with Gasteiger partial charge in [0.1, 0.15) is 0 Å². The number of hydrogen-bond acceptors (Lipinski definition) is 4. The van der Waals surface area contributed by atoms with Gasteiger partial charge in [-0.15, -0.1) is 0 Å². The highest BCUT2D eigenvalue weighted by molar-refractivity contribution is 7.87. The maximum absolute atomic E-state index is 10.6. The summed E-state index contributed by atoms with van der Waals surface area (Å²) in [5.41, 5.74) is 1.71. The number of para-hydroxylation sites is 1. The molecule has 0 radical (unpaired) electrons. The fourth-order valence-corrected chi connectivity index (χ4v) is 2.78. The Labute approximate surface area is 90.7 Å². The van der Waals surface area contributed by atoms with Gasteiger partial charge in [0, 0.05) is 0 Å². The van der Waals surface area contributed by atoms with Crippen LogP contribution in [0.25, 0.3) is 10.2 Å². The number of aryl methyl sites for hydroxylation is 1. The van der Waals surface area contributed by atoms with Gasteiger partial charge in [-0.3, -0.25) is 4.55 Å². The Hall–Kier alpha value is -1.18. The van der Waals surface area contributed by atoms with E-state index in [0.717, 1.165) is 15.8 Å². The van der Waals surface area contributed by atoms with Gasteiger partial charge in [-0.05, 0) is 18.6 Å². The first kappa shape index (κ1) is 10.3. The quantitative estimate of drug-likeness (QED) is 0.790. The van der Waals surface area contributed by atoms with Gasteiger partial charge in [-0.1, -0.05) is 23.5 Å². The first-order valence-electron chi connectivity index (χ1n) is 4.07. The van der Waals surface area contributed by atoms with Crippen LogP contribution in [-0.2, 0) is 10.3 Å². The zero-order valence-electron chi connectivity index (χ0n) is 7.76. The second-order valence-corrected chi connectivity index (χ2v) is 5.20. The molecule has 80 valence electrons. The molecule has 0 saturated carbocycles. The van der Waals surface area contributed by atoms with Crippen molar-refractivity contribution in [2.75, 3.05) is 4.72 Å². The summed E-state index contributed by atoms with van der Waals surface area (Å²) in [6.07, 6.45) is 0. The molecule has 0 fully saturated rings. The van der Waals surface area contributed by atoms with Crippen molar-refractivity contribution in [1.29, 1.82) is 0 Å². The molecule has 15 heavy (non-hydrogen) atoms. The largest absolute Gasteiger partial charge is 0.359 e. The molecular weight excluding hydrogens is 236 g/mol. The maximum atomic E-state index is 10.6. The van der Waals surface area contributed by atoms with Crippen LogP contribution in [0.4, 0.5) is 5.13 Å². The van der Waals surface area contributed by atoms with Crippen molar-refractivity contribution >= 4 is 37.0 Å². The number of fused-ring (bicyclic) bond motifs is 1. The minimum atomic E-state index is -4.24. The second kappa shape index (κ2) is 3.44. The molecule has 0 aliphatic carbocycles. The van der Waals surface area contributed by atoms with Crippen molar-refractivity contribution in [3.63, 3.8) is 0 Å². The van der Waals surface area contributed by atoms with Crippen LogP contribution in [0.3, 0.4) is 0 Å². The van der Waals surface area contributed by atoms with Crippen LogP contribution in [0.1, 0.15) is 5.56 Å². The fourth-order valence-electron chi connectivity index (χ4n) is 1.24. The molecule has 0 atom stereocenters. The Morgan fingerprint density at radius 1 is 1.47 bits per heavy atom. The first-order valence-corrected chi connectivity index (χ1v) is 6.33. The first-order chi connectivity index (χ1) is 6.96. The van der Waals surface area contributed by atoms with Crippen molar-refractivity contribution in [3.8, 4) is 0 Å².